The van der Waals surface area contributed by atoms with Gasteiger partial charge in [-0.15, -0.1) is 0 Å². The van der Waals surface area contributed by atoms with Crippen molar-refractivity contribution in [3.8, 4) is 0 Å². The van der Waals surface area contributed by atoms with Crippen molar-refractivity contribution in [2.75, 3.05) is 20.2 Å². The molecule has 1 N–H and O–H groups in total. The monoisotopic (exact) mass is 337 g/mol. The third-order valence-corrected chi connectivity index (χ3v) is 3.91. The van der Waals surface area contributed by atoms with Gasteiger partial charge in [0, 0.05) is 23.7 Å². The molecule has 1 atom stereocenters. The minimum atomic E-state index is -0.831. The number of aliphatic hydroxyl groups is 1. The van der Waals surface area contributed by atoms with Crippen LogP contribution in [0, 0.1) is 5.92 Å². The number of benzene rings is 1. The molecule has 1 amide bonds. The predicted octanol–water partition coefficient (Wildman–Crippen LogP) is 2.34. The summed E-state index contributed by atoms with van der Waals surface area (Å²) in [6, 6.07) is 6.92. The molecule has 1 aliphatic rings. The van der Waals surface area contributed by atoms with Crippen molar-refractivity contribution >= 4 is 23.5 Å². The number of hydrogen-bond donors (Lipinski definition) is 1. The van der Waals surface area contributed by atoms with Crippen LogP contribution in [0.25, 0.3) is 0 Å². The molecule has 0 radical (unpaired) electrons. The third-order valence-electron chi connectivity index (χ3n) is 3.68. The van der Waals surface area contributed by atoms with Crippen LogP contribution in [0.4, 0.5) is 0 Å². The molecule has 0 aromatic heterocycles. The molecule has 1 aromatic carbocycles. The second-order valence-corrected chi connectivity index (χ2v) is 6.05. The Kier molecular flexibility index (Phi) is 6.19. The molecular formula is C17H20ClNO4. The van der Waals surface area contributed by atoms with Gasteiger partial charge in [-0.2, -0.15) is 0 Å². The Balaban J connectivity index is 2.04. The van der Waals surface area contributed by atoms with Crippen LogP contribution in [-0.2, 0) is 14.3 Å². The summed E-state index contributed by atoms with van der Waals surface area (Å²) in [6.45, 7) is 0.725. The maximum Gasteiger partial charge on any atom is 0.330 e. The molecule has 23 heavy (non-hydrogen) atoms. The topological polar surface area (TPSA) is 66.8 Å². The van der Waals surface area contributed by atoms with Gasteiger partial charge in [0.1, 0.15) is 0 Å². The van der Waals surface area contributed by atoms with Crippen molar-refractivity contribution < 1.29 is 19.4 Å². The van der Waals surface area contributed by atoms with Crippen LogP contribution in [0.15, 0.2) is 36.4 Å². The molecule has 5 nitrogen and oxygen atoms in total. The van der Waals surface area contributed by atoms with E-state index in [0.29, 0.717) is 23.0 Å². The maximum absolute atomic E-state index is 12.3. The Labute approximate surface area is 140 Å². The lowest BCUT2D eigenvalue weighted by atomic mass is 10.1. The van der Waals surface area contributed by atoms with Gasteiger partial charge in [0.25, 0.3) is 0 Å². The molecule has 6 heteroatoms. The highest BCUT2D eigenvalue weighted by molar-refractivity contribution is 6.30. The molecule has 2 rings (SSSR count). The summed E-state index contributed by atoms with van der Waals surface area (Å²) < 4.78 is 4.48. The van der Waals surface area contributed by atoms with Crippen molar-refractivity contribution in [2.24, 2.45) is 5.92 Å². The summed E-state index contributed by atoms with van der Waals surface area (Å²) in [5.41, 5.74) is 0.656. The van der Waals surface area contributed by atoms with E-state index in [2.05, 4.69) is 4.74 Å². The van der Waals surface area contributed by atoms with Gasteiger partial charge in [-0.25, -0.2) is 4.79 Å². The predicted molar refractivity (Wildman–Crippen MR) is 86.9 cm³/mol. The van der Waals surface area contributed by atoms with Gasteiger partial charge >= 0.3 is 5.97 Å². The Bertz CT molecular complexity index is 598. The molecule has 0 saturated heterocycles. The number of ether oxygens (including phenoxy) is 1. The number of carbonyl (C=O) groups excluding carboxylic acids is 2. The molecule has 1 aromatic rings. The van der Waals surface area contributed by atoms with E-state index in [1.807, 2.05) is 0 Å². The zero-order chi connectivity index (χ0) is 16.8. The average molecular weight is 338 g/mol. The van der Waals surface area contributed by atoms with Gasteiger partial charge in [-0.05, 0) is 36.5 Å². The number of hydrogen-bond acceptors (Lipinski definition) is 4. The fraction of sp³-hybridized carbons (Fsp3) is 0.412. The van der Waals surface area contributed by atoms with Crippen molar-refractivity contribution in [1.29, 1.82) is 0 Å². The van der Waals surface area contributed by atoms with E-state index in [1.165, 1.54) is 13.2 Å². The van der Waals surface area contributed by atoms with E-state index in [9.17, 15) is 14.7 Å². The minimum Gasteiger partial charge on any atom is -0.466 e. The van der Waals surface area contributed by atoms with Gasteiger partial charge in [0.15, 0.2) is 0 Å². The number of carbonyl (C=O) groups is 2. The number of esters is 1. The zero-order valence-corrected chi connectivity index (χ0v) is 13.7. The molecule has 0 spiro atoms. The summed E-state index contributed by atoms with van der Waals surface area (Å²) in [5.74, 6) is -0.430. The molecule has 0 bridgehead atoms. The highest BCUT2D eigenvalue weighted by Gasteiger charge is 2.27. The smallest absolute Gasteiger partial charge is 0.330 e. The van der Waals surface area contributed by atoms with E-state index < -0.39 is 12.1 Å². The molecule has 124 valence electrons. The van der Waals surface area contributed by atoms with Crippen LogP contribution in [0.1, 0.15) is 24.5 Å². The van der Waals surface area contributed by atoms with Crippen LogP contribution in [0.2, 0.25) is 5.02 Å². The van der Waals surface area contributed by atoms with Crippen molar-refractivity contribution in [2.45, 2.75) is 18.9 Å². The van der Waals surface area contributed by atoms with E-state index in [1.54, 1.807) is 29.2 Å². The normalized spacial score (nSPS) is 15.4. The van der Waals surface area contributed by atoms with Crippen LogP contribution in [0.5, 0.6) is 0 Å². The van der Waals surface area contributed by atoms with Gasteiger partial charge in [0.2, 0.25) is 5.91 Å². The van der Waals surface area contributed by atoms with Gasteiger partial charge in [-0.3, -0.25) is 4.79 Å². The number of halogens is 1. The number of amides is 1. The third kappa shape index (κ3) is 5.69. The van der Waals surface area contributed by atoms with Crippen LogP contribution < -0.4 is 0 Å². The SMILES string of the molecule is COC(=O)/C=C/C(=O)N(CC1CC1)CC(O)c1cccc(Cl)c1. The second-order valence-electron chi connectivity index (χ2n) is 5.61. The summed E-state index contributed by atoms with van der Waals surface area (Å²) in [7, 11) is 1.25. The number of aliphatic hydroxyl groups excluding tert-OH is 1. The standard InChI is InChI=1S/C17H20ClNO4/c1-23-17(22)8-7-16(21)19(10-12-5-6-12)11-15(20)13-3-2-4-14(18)9-13/h2-4,7-9,12,15,20H,5-6,10-11H2,1H3/b8-7+. The minimum absolute atomic E-state index is 0.154. The van der Waals surface area contributed by atoms with Gasteiger partial charge in [0.05, 0.1) is 19.8 Å². The van der Waals surface area contributed by atoms with E-state index in [4.69, 9.17) is 11.6 Å². The Morgan fingerprint density at radius 3 is 2.78 bits per heavy atom. The molecule has 0 heterocycles. The fourth-order valence-corrected chi connectivity index (χ4v) is 2.41. The van der Waals surface area contributed by atoms with E-state index in [-0.39, 0.29) is 12.5 Å². The second kappa shape index (κ2) is 8.13. The first-order valence-corrected chi connectivity index (χ1v) is 7.86. The summed E-state index contributed by atoms with van der Waals surface area (Å²) in [5, 5.41) is 10.9. The van der Waals surface area contributed by atoms with Crippen molar-refractivity contribution in [3.63, 3.8) is 0 Å². The van der Waals surface area contributed by atoms with Crippen molar-refractivity contribution in [3.05, 3.63) is 47.0 Å². The molecule has 1 aliphatic carbocycles. The van der Waals surface area contributed by atoms with E-state index >= 15 is 0 Å². The van der Waals surface area contributed by atoms with Gasteiger partial charge in [-0.1, -0.05) is 23.7 Å². The maximum atomic E-state index is 12.3. The summed E-state index contributed by atoms with van der Waals surface area (Å²) in [4.78, 5) is 24.9. The molecule has 1 unspecified atom stereocenters. The first-order chi connectivity index (χ1) is 11.0. The molecular weight excluding hydrogens is 318 g/mol. The number of rotatable bonds is 7. The highest BCUT2D eigenvalue weighted by atomic mass is 35.5. The number of methoxy groups -OCH3 is 1. The van der Waals surface area contributed by atoms with Gasteiger partial charge < -0.3 is 14.7 Å². The highest BCUT2D eigenvalue weighted by Crippen LogP contribution is 2.30. The lowest BCUT2D eigenvalue weighted by Gasteiger charge is -2.24. The lowest BCUT2D eigenvalue weighted by molar-refractivity contribution is -0.135. The van der Waals surface area contributed by atoms with E-state index in [0.717, 1.165) is 18.9 Å². The average Bonchev–Trinajstić information content (AvgIpc) is 3.35. The first kappa shape index (κ1) is 17.5. The lowest BCUT2D eigenvalue weighted by Crippen LogP contribution is -2.35. The number of nitrogens with zero attached hydrogens (tertiary/aromatic N) is 1. The first-order valence-electron chi connectivity index (χ1n) is 7.48. The molecule has 1 fully saturated rings. The Hall–Kier alpha value is -1.85. The molecule has 1 saturated carbocycles. The fourth-order valence-electron chi connectivity index (χ4n) is 2.21. The van der Waals surface area contributed by atoms with Crippen molar-refractivity contribution in [1.82, 2.24) is 4.90 Å². The summed E-state index contributed by atoms with van der Waals surface area (Å²) >= 11 is 5.93. The van der Waals surface area contributed by atoms with Crippen LogP contribution in [0.3, 0.4) is 0 Å². The Morgan fingerprint density at radius 2 is 2.17 bits per heavy atom. The largest absolute Gasteiger partial charge is 0.466 e. The zero-order valence-electron chi connectivity index (χ0n) is 12.9. The Morgan fingerprint density at radius 1 is 1.43 bits per heavy atom. The quantitative estimate of drug-likeness (QED) is 0.612. The summed E-state index contributed by atoms with van der Waals surface area (Å²) in [6.07, 6.45) is 3.60. The molecule has 0 aliphatic heterocycles. The van der Waals surface area contributed by atoms with Crippen LogP contribution >= 0.6 is 11.6 Å². The van der Waals surface area contributed by atoms with Crippen LogP contribution in [-0.4, -0.2) is 42.1 Å².